The van der Waals surface area contributed by atoms with Crippen molar-refractivity contribution in [1.82, 2.24) is 0 Å². The summed E-state index contributed by atoms with van der Waals surface area (Å²) in [6.45, 7) is 4.05. The van der Waals surface area contributed by atoms with Crippen LogP contribution in [-0.4, -0.2) is 18.5 Å². The number of ether oxygens (including phenoxy) is 1. The van der Waals surface area contributed by atoms with E-state index >= 15 is 0 Å². The zero-order valence-corrected chi connectivity index (χ0v) is 10.0. The van der Waals surface area contributed by atoms with Gasteiger partial charge in [0.15, 0.2) is 5.84 Å². The van der Waals surface area contributed by atoms with Gasteiger partial charge in [-0.1, -0.05) is 23.4 Å². The Morgan fingerprint density at radius 3 is 2.76 bits per heavy atom. The number of halogens is 1. The van der Waals surface area contributed by atoms with Crippen molar-refractivity contribution in [3.8, 4) is 0 Å². The largest absolute Gasteiger partial charge is 0.389 e. The molecule has 0 atom stereocenters. The number of hydrogen-bond donors (Lipinski definition) is 1. The third-order valence-corrected chi connectivity index (χ3v) is 1.92. The molecule has 0 saturated heterocycles. The van der Waals surface area contributed by atoms with Gasteiger partial charge in [-0.25, -0.2) is 4.39 Å². The quantitative estimate of drug-likeness (QED) is 0.470. The van der Waals surface area contributed by atoms with Crippen molar-refractivity contribution in [2.45, 2.75) is 26.6 Å². The zero-order chi connectivity index (χ0) is 12.7. The van der Waals surface area contributed by atoms with Gasteiger partial charge in [0.1, 0.15) is 19.0 Å². The fraction of sp³-hybridized carbons (Fsp3) is 0.417. The van der Waals surface area contributed by atoms with E-state index in [9.17, 15) is 4.39 Å². The van der Waals surface area contributed by atoms with Crippen molar-refractivity contribution in [2.75, 3.05) is 6.61 Å². The van der Waals surface area contributed by atoms with Crippen LogP contribution in [-0.2, 0) is 16.2 Å². The van der Waals surface area contributed by atoms with Crippen molar-refractivity contribution in [3.05, 3.63) is 35.6 Å². The number of benzene rings is 1. The molecule has 17 heavy (non-hydrogen) atoms. The average Bonchev–Trinajstić information content (AvgIpc) is 2.29. The first-order chi connectivity index (χ1) is 8.09. The summed E-state index contributed by atoms with van der Waals surface area (Å²) >= 11 is 0. The molecule has 0 unspecified atom stereocenters. The van der Waals surface area contributed by atoms with Crippen molar-refractivity contribution in [2.24, 2.45) is 10.9 Å². The minimum atomic E-state index is -0.320. The molecule has 1 aromatic rings. The summed E-state index contributed by atoms with van der Waals surface area (Å²) in [5, 5.41) is 3.64. The van der Waals surface area contributed by atoms with Gasteiger partial charge >= 0.3 is 0 Å². The van der Waals surface area contributed by atoms with E-state index < -0.39 is 0 Å². The van der Waals surface area contributed by atoms with Crippen LogP contribution < -0.4 is 5.73 Å². The highest BCUT2D eigenvalue weighted by Gasteiger charge is 2.01. The molecule has 0 aliphatic heterocycles. The Balaban J connectivity index is 2.36. The van der Waals surface area contributed by atoms with Gasteiger partial charge in [0.2, 0.25) is 0 Å². The minimum Gasteiger partial charge on any atom is -0.389 e. The summed E-state index contributed by atoms with van der Waals surface area (Å²) in [6.07, 6.45) is 0.0790. The molecular weight excluding hydrogens is 223 g/mol. The maximum atomic E-state index is 13.2. The van der Waals surface area contributed by atoms with Crippen LogP contribution in [0.5, 0.6) is 0 Å². The Morgan fingerprint density at radius 1 is 1.41 bits per heavy atom. The Kier molecular flexibility index (Phi) is 5.42. The van der Waals surface area contributed by atoms with E-state index in [1.165, 1.54) is 6.07 Å². The third kappa shape index (κ3) is 5.31. The second-order valence-corrected chi connectivity index (χ2v) is 3.81. The first-order valence-electron chi connectivity index (χ1n) is 5.39. The summed E-state index contributed by atoms with van der Waals surface area (Å²) < 4.78 is 18.4. The van der Waals surface area contributed by atoms with Gasteiger partial charge in [-0.3, -0.25) is 0 Å². The van der Waals surface area contributed by atoms with Crippen LogP contribution in [0.1, 0.15) is 19.4 Å². The maximum absolute atomic E-state index is 13.2. The van der Waals surface area contributed by atoms with E-state index in [-0.39, 0.29) is 31.0 Å². The predicted molar refractivity (Wildman–Crippen MR) is 63.9 cm³/mol. The van der Waals surface area contributed by atoms with Crippen molar-refractivity contribution in [1.29, 1.82) is 0 Å². The highest BCUT2D eigenvalue weighted by atomic mass is 19.1. The molecule has 1 aromatic carbocycles. The molecule has 0 spiro atoms. The minimum absolute atomic E-state index is 0.0506. The molecule has 0 saturated carbocycles. The van der Waals surface area contributed by atoms with E-state index in [1.807, 2.05) is 13.8 Å². The molecule has 2 N–H and O–H groups in total. The molecule has 0 bridgehead atoms. The predicted octanol–water partition coefficient (Wildman–Crippen LogP) is 2.04. The number of amidine groups is 1. The Morgan fingerprint density at radius 2 is 2.12 bits per heavy atom. The Labute approximate surface area is 100 Å². The molecule has 4 nitrogen and oxygen atoms in total. The van der Waals surface area contributed by atoms with Gasteiger partial charge in [0.05, 0.1) is 6.10 Å². The van der Waals surface area contributed by atoms with Gasteiger partial charge in [-0.15, -0.1) is 0 Å². The summed E-state index contributed by atoms with van der Waals surface area (Å²) in [5.41, 5.74) is 5.97. The Hall–Kier alpha value is -1.62. The highest BCUT2D eigenvalue weighted by molar-refractivity contribution is 5.80. The molecule has 0 radical (unpaired) electrons. The second kappa shape index (κ2) is 6.85. The molecule has 1 rings (SSSR count). The van der Waals surface area contributed by atoms with Crippen LogP contribution >= 0.6 is 0 Å². The van der Waals surface area contributed by atoms with Crippen molar-refractivity contribution >= 4 is 5.84 Å². The summed E-state index contributed by atoms with van der Waals surface area (Å²) in [7, 11) is 0. The molecule has 0 aliphatic carbocycles. The van der Waals surface area contributed by atoms with Gasteiger partial charge < -0.3 is 15.3 Å². The normalized spacial score (nSPS) is 11.9. The third-order valence-electron chi connectivity index (χ3n) is 1.92. The van der Waals surface area contributed by atoms with Crippen LogP contribution in [0.25, 0.3) is 0 Å². The first-order valence-corrected chi connectivity index (χ1v) is 5.39. The highest BCUT2D eigenvalue weighted by Crippen LogP contribution is 2.07. The lowest BCUT2D eigenvalue weighted by molar-refractivity contribution is 0.0980. The van der Waals surface area contributed by atoms with E-state index in [4.69, 9.17) is 15.3 Å². The SMILES string of the molecule is CC(C)OC/C(N)=N\OCc1ccccc1F. The first kappa shape index (κ1) is 13.4. The van der Waals surface area contributed by atoms with Gasteiger partial charge in [-0.2, -0.15) is 0 Å². The smallest absolute Gasteiger partial charge is 0.165 e. The van der Waals surface area contributed by atoms with E-state index in [2.05, 4.69) is 5.16 Å². The average molecular weight is 240 g/mol. The summed E-state index contributed by atoms with van der Waals surface area (Å²) in [6, 6.07) is 6.35. The lowest BCUT2D eigenvalue weighted by Gasteiger charge is -2.06. The monoisotopic (exact) mass is 240 g/mol. The fourth-order valence-corrected chi connectivity index (χ4v) is 1.08. The number of rotatable bonds is 6. The molecule has 94 valence electrons. The molecule has 0 heterocycles. The summed E-state index contributed by atoms with van der Waals surface area (Å²) in [5.74, 6) is -0.0882. The molecule has 5 heteroatoms. The van der Waals surface area contributed by atoms with E-state index in [0.717, 1.165) is 0 Å². The molecule has 0 aromatic heterocycles. The number of nitrogens with zero attached hydrogens (tertiary/aromatic N) is 1. The van der Waals surface area contributed by atoms with Gasteiger partial charge in [0, 0.05) is 5.56 Å². The molecule has 0 fully saturated rings. The van der Waals surface area contributed by atoms with Crippen LogP contribution in [0.4, 0.5) is 4.39 Å². The second-order valence-electron chi connectivity index (χ2n) is 3.81. The number of nitrogens with two attached hydrogens (primary N) is 1. The van der Waals surface area contributed by atoms with Crippen LogP contribution in [0.3, 0.4) is 0 Å². The lowest BCUT2D eigenvalue weighted by atomic mass is 10.2. The maximum Gasteiger partial charge on any atom is 0.165 e. The van der Waals surface area contributed by atoms with Crippen LogP contribution in [0.2, 0.25) is 0 Å². The molecule has 0 amide bonds. The number of hydrogen-bond acceptors (Lipinski definition) is 3. The standard InChI is InChI=1S/C12H17FN2O2/c1-9(2)16-8-12(14)15-17-7-10-5-3-4-6-11(10)13/h3-6,9H,7-8H2,1-2H3,(H2,14,15). The number of oxime groups is 1. The van der Waals surface area contributed by atoms with Gasteiger partial charge in [-0.05, 0) is 19.9 Å². The van der Waals surface area contributed by atoms with Crippen LogP contribution in [0, 0.1) is 5.82 Å². The zero-order valence-electron chi connectivity index (χ0n) is 10.0. The van der Waals surface area contributed by atoms with Crippen molar-refractivity contribution in [3.63, 3.8) is 0 Å². The van der Waals surface area contributed by atoms with Gasteiger partial charge in [0.25, 0.3) is 0 Å². The topological polar surface area (TPSA) is 56.8 Å². The lowest BCUT2D eigenvalue weighted by Crippen LogP contribution is -2.21. The van der Waals surface area contributed by atoms with Crippen LogP contribution in [0.15, 0.2) is 29.4 Å². The molecule has 0 aliphatic rings. The fourth-order valence-electron chi connectivity index (χ4n) is 1.08. The molecular formula is C12H17FN2O2. The van der Waals surface area contributed by atoms with E-state index in [1.54, 1.807) is 18.2 Å². The van der Waals surface area contributed by atoms with E-state index in [0.29, 0.717) is 5.56 Å². The van der Waals surface area contributed by atoms with Crippen molar-refractivity contribution < 1.29 is 14.0 Å². The Bertz CT molecular complexity index is 381. The summed E-state index contributed by atoms with van der Waals surface area (Å²) in [4.78, 5) is 4.94.